The predicted octanol–water partition coefficient (Wildman–Crippen LogP) is 2.48. The van der Waals surface area contributed by atoms with Crippen LogP contribution >= 0.6 is 11.6 Å². The van der Waals surface area contributed by atoms with Gasteiger partial charge in [-0.15, -0.1) is 10.2 Å². The highest BCUT2D eigenvalue weighted by Gasteiger charge is 2.40. The molecule has 2 aromatic rings. The lowest BCUT2D eigenvalue weighted by Crippen LogP contribution is -2.41. The molecule has 4 nitrogen and oxygen atoms in total. The lowest BCUT2D eigenvalue weighted by molar-refractivity contribution is -0.0498. The van der Waals surface area contributed by atoms with Crippen molar-refractivity contribution in [3.05, 3.63) is 23.0 Å². The molecule has 17 heavy (non-hydrogen) atoms. The summed E-state index contributed by atoms with van der Waals surface area (Å²) in [4.78, 5) is 0. The summed E-state index contributed by atoms with van der Waals surface area (Å²) in [6.07, 6.45) is 3.59. The Bertz CT molecular complexity index is 583. The first kappa shape index (κ1) is 11.0. The fourth-order valence-corrected chi connectivity index (χ4v) is 2.76. The number of halogens is 1. The Labute approximate surface area is 104 Å². The monoisotopic (exact) mass is 251 g/mol. The third-order valence-corrected chi connectivity index (χ3v) is 3.68. The van der Waals surface area contributed by atoms with Crippen LogP contribution in [-0.4, -0.2) is 25.5 Å². The van der Waals surface area contributed by atoms with Gasteiger partial charge in [0.2, 0.25) is 0 Å². The minimum Gasteiger partial charge on any atom is -0.390 e. The van der Waals surface area contributed by atoms with Gasteiger partial charge >= 0.3 is 0 Å². The average Bonchev–Trinajstić information content (AvgIpc) is 2.52. The zero-order chi connectivity index (χ0) is 12.2. The third kappa shape index (κ3) is 1.72. The highest BCUT2D eigenvalue weighted by molar-refractivity contribution is 6.29. The van der Waals surface area contributed by atoms with Crippen molar-refractivity contribution in [1.29, 1.82) is 0 Å². The van der Waals surface area contributed by atoms with Crippen molar-refractivity contribution in [3.63, 3.8) is 0 Å². The number of rotatable bonds is 1. The van der Waals surface area contributed by atoms with E-state index in [0.29, 0.717) is 11.2 Å². The van der Waals surface area contributed by atoms with E-state index in [1.54, 1.807) is 0 Å². The molecule has 0 aliphatic heterocycles. The second-order valence-corrected chi connectivity index (χ2v) is 5.57. The second-order valence-electron chi connectivity index (χ2n) is 5.18. The fraction of sp³-hybridized carbons (Fsp3) is 0.500. The largest absolute Gasteiger partial charge is 0.390 e. The van der Waals surface area contributed by atoms with Crippen molar-refractivity contribution in [1.82, 2.24) is 14.8 Å². The minimum atomic E-state index is -0.533. The van der Waals surface area contributed by atoms with E-state index < -0.39 is 5.60 Å². The molecule has 0 bridgehead atoms. The molecule has 2 heterocycles. The molecule has 0 aromatic carbocycles. The van der Waals surface area contributed by atoms with Gasteiger partial charge in [0, 0.05) is 17.6 Å². The molecule has 2 aromatic heterocycles. The van der Waals surface area contributed by atoms with Crippen LogP contribution in [0.5, 0.6) is 0 Å². The lowest BCUT2D eigenvalue weighted by atomic mass is 9.77. The zero-order valence-electron chi connectivity index (χ0n) is 9.81. The number of hydrogen-bond donors (Lipinski definition) is 1. The minimum absolute atomic E-state index is 0.316. The first-order chi connectivity index (χ1) is 7.96. The molecule has 1 N–H and O–H groups in total. The van der Waals surface area contributed by atoms with Crippen molar-refractivity contribution in [2.24, 2.45) is 0 Å². The second kappa shape index (κ2) is 3.43. The summed E-state index contributed by atoms with van der Waals surface area (Å²) < 4.78 is 2.10. The summed E-state index contributed by atoms with van der Waals surface area (Å²) in [5.74, 6) is 0. The van der Waals surface area contributed by atoms with Gasteiger partial charge in [0.15, 0.2) is 10.8 Å². The van der Waals surface area contributed by atoms with E-state index in [1.165, 1.54) is 0 Å². The Morgan fingerprint density at radius 1 is 1.47 bits per heavy atom. The number of hydrogen-bond acceptors (Lipinski definition) is 3. The van der Waals surface area contributed by atoms with Crippen LogP contribution in [0, 0.1) is 6.92 Å². The topological polar surface area (TPSA) is 50.9 Å². The smallest absolute Gasteiger partial charge is 0.163 e. The van der Waals surface area contributed by atoms with Gasteiger partial charge in [-0.1, -0.05) is 11.6 Å². The van der Waals surface area contributed by atoms with E-state index in [9.17, 15) is 5.11 Å². The van der Waals surface area contributed by atoms with Crippen LogP contribution in [0.4, 0.5) is 0 Å². The van der Waals surface area contributed by atoms with Crippen LogP contribution in [-0.2, 0) is 0 Å². The summed E-state index contributed by atoms with van der Waals surface area (Å²) in [6.45, 7) is 3.90. The van der Waals surface area contributed by atoms with E-state index >= 15 is 0 Å². The van der Waals surface area contributed by atoms with Crippen molar-refractivity contribution in [2.75, 3.05) is 0 Å². The molecule has 90 valence electrons. The zero-order valence-corrected chi connectivity index (χ0v) is 10.6. The molecule has 0 unspecified atom stereocenters. The van der Waals surface area contributed by atoms with Crippen LogP contribution in [0.2, 0.25) is 5.15 Å². The van der Waals surface area contributed by atoms with Crippen LogP contribution in [0.25, 0.3) is 11.0 Å². The molecular weight excluding hydrogens is 238 g/mol. The summed E-state index contributed by atoms with van der Waals surface area (Å²) in [5.41, 5.74) is 1.46. The number of fused-ring (bicyclic) bond motifs is 1. The molecule has 0 spiro atoms. The molecule has 5 heteroatoms. The highest BCUT2D eigenvalue weighted by Crippen LogP contribution is 2.42. The first-order valence-corrected chi connectivity index (χ1v) is 6.07. The molecule has 1 aliphatic rings. The van der Waals surface area contributed by atoms with Gasteiger partial charge in [0.25, 0.3) is 0 Å². The van der Waals surface area contributed by atoms with Gasteiger partial charge in [-0.3, -0.25) is 0 Å². The predicted molar refractivity (Wildman–Crippen MR) is 66.2 cm³/mol. The fourth-order valence-electron chi connectivity index (χ4n) is 2.61. The van der Waals surface area contributed by atoms with E-state index in [-0.39, 0.29) is 0 Å². The van der Waals surface area contributed by atoms with Crippen LogP contribution in [0.1, 0.15) is 31.4 Å². The van der Waals surface area contributed by atoms with Crippen molar-refractivity contribution in [3.8, 4) is 0 Å². The van der Waals surface area contributed by atoms with Gasteiger partial charge in [0.1, 0.15) is 0 Å². The van der Waals surface area contributed by atoms with Gasteiger partial charge < -0.3 is 9.67 Å². The highest BCUT2D eigenvalue weighted by atomic mass is 35.5. The quantitative estimate of drug-likeness (QED) is 0.847. The standard InChI is InChI=1S/C12H14ClN3O/c1-7-6-16(8-4-12(2,17)5-8)11-9(7)3-10(13)14-15-11/h3,6,8,17H,4-5H2,1-2H3. The van der Waals surface area contributed by atoms with Crippen molar-refractivity contribution >= 4 is 22.6 Å². The van der Waals surface area contributed by atoms with Gasteiger partial charge in [0.05, 0.1) is 5.60 Å². The average molecular weight is 252 g/mol. The Hall–Kier alpha value is -1.13. The maximum absolute atomic E-state index is 9.80. The molecule has 0 radical (unpaired) electrons. The lowest BCUT2D eigenvalue weighted by Gasteiger charge is -2.41. The first-order valence-electron chi connectivity index (χ1n) is 5.69. The van der Waals surface area contributed by atoms with Gasteiger partial charge in [-0.25, -0.2) is 0 Å². The summed E-state index contributed by atoms with van der Waals surface area (Å²) >= 11 is 5.85. The molecule has 0 atom stereocenters. The maximum atomic E-state index is 9.80. The summed E-state index contributed by atoms with van der Waals surface area (Å²) in [7, 11) is 0. The summed E-state index contributed by atoms with van der Waals surface area (Å²) in [5, 5.41) is 19.3. The Morgan fingerprint density at radius 3 is 2.82 bits per heavy atom. The Balaban J connectivity index is 2.07. The molecule has 0 amide bonds. The Morgan fingerprint density at radius 2 is 2.18 bits per heavy atom. The molecular formula is C12H14ClN3O. The van der Waals surface area contributed by atoms with E-state index in [0.717, 1.165) is 29.4 Å². The van der Waals surface area contributed by atoms with Gasteiger partial charge in [-0.2, -0.15) is 0 Å². The van der Waals surface area contributed by atoms with Crippen LogP contribution < -0.4 is 0 Å². The van der Waals surface area contributed by atoms with Crippen LogP contribution in [0.15, 0.2) is 12.3 Å². The number of aryl methyl sites for hydroxylation is 1. The molecule has 1 aliphatic carbocycles. The number of nitrogens with zero attached hydrogens (tertiary/aromatic N) is 3. The molecule has 1 fully saturated rings. The van der Waals surface area contributed by atoms with Crippen LogP contribution in [0.3, 0.4) is 0 Å². The third-order valence-electron chi connectivity index (χ3n) is 3.49. The van der Waals surface area contributed by atoms with E-state index in [4.69, 9.17) is 11.6 Å². The van der Waals surface area contributed by atoms with E-state index in [1.807, 2.05) is 19.9 Å². The Kier molecular flexibility index (Phi) is 2.22. The maximum Gasteiger partial charge on any atom is 0.163 e. The molecule has 3 rings (SSSR count). The molecule has 1 saturated carbocycles. The summed E-state index contributed by atoms with van der Waals surface area (Å²) in [6, 6.07) is 2.16. The number of aromatic nitrogens is 3. The van der Waals surface area contributed by atoms with E-state index in [2.05, 4.69) is 21.0 Å². The normalized spacial score (nSPS) is 28.4. The number of aliphatic hydroxyl groups is 1. The van der Waals surface area contributed by atoms with Crippen molar-refractivity contribution < 1.29 is 5.11 Å². The molecule has 0 saturated heterocycles. The SMILES string of the molecule is Cc1cn(C2CC(C)(O)C2)c2nnc(Cl)cc12. The van der Waals surface area contributed by atoms with Crippen molar-refractivity contribution in [2.45, 2.75) is 38.3 Å². The van der Waals surface area contributed by atoms with Gasteiger partial charge in [-0.05, 0) is 38.3 Å².